The van der Waals surface area contributed by atoms with Crippen LogP contribution in [-0.4, -0.2) is 13.0 Å². The second-order valence-corrected chi connectivity index (χ2v) is 3.78. The monoisotopic (exact) mass is 221 g/mol. The zero-order chi connectivity index (χ0) is 11.5. The number of nitrogens with two attached hydrogens (primary N) is 1. The van der Waals surface area contributed by atoms with Crippen LogP contribution < -0.4 is 5.73 Å². The van der Waals surface area contributed by atoms with Crippen molar-refractivity contribution in [2.45, 2.75) is 12.3 Å². The van der Waals surface area contributed by atoms with Crippen LogP contribution in [0.2, 0.25) is 0 Å². The summed E-state index contributed by atoms with van der Waals surface area (Å²) in [5, 5.41) is 2.02. The molecule has 2 aromatic rings. The summed E-state index contributed by atoms with van der Waals surface area (Å²) in [5.41, 5.74) is 5.98. The molecule has 1 nitrogen and oxygen atoms in total. The van der Waals surface area contributed by atoms with Crippen molar-refractivity contribution in [2.75, 3.05) is 6.54 Å². The number of halogens is 2. The molecule has 0 aliphatic carbocycles. The van der Waals surface area contributed by atoms with E-state index in [2.05, 4.69) is 0 Å². The van der Waals surface area contributed by atoms with E-state index >= 15 is 0 Å². The third kappa shape index (κ3) is 2.04. The van der Waals surface area contributed by atoms with Gasteiger partial charge < -0.3 is 5.73 Å². The average molecular weight is 221 g/mol. The Bertz CT molecular complexity index is 482. The number of alkyl halides is 2. The molecule has 2 N–H and O–H groups in total. The molecular weight excluding hydrogens is 208 g/mol. The Morgan fingerprint density at radius 2 is 1.69 bits per heavy atom. The zero-order valence-electron chi connectivity index (χ0n) is 8.74. The van der Waals surface area contributed by atoms with E-state index in [1.54, 1.807) is 12.1 Å². The van der Waals surface area contributed by atoms with Gasteiger partial charge in [-0.1, -0.05) is 42.5 Å². The second kappa shape index (κ2) is 4.58. The van der Waals surface area contributed by atoms with Gasteiger partial charge in [0.25, 0.3) is 0 Å². The first-order valence-corrected chi connectivity index (χ1v) is 5.19. The number of rotatable bonds is 3. The SMILES string of the molecule is NCC(c1ccc2ccccc2c1)C(F)F. The molecule has 1 atom stereocenters. The highest BCUT2D eigenvalue weighted by atomic mass is 19.3. The molecule has 0 heterocycles. The van der Waals surface area contributed by atoms with Crippen molar-refractivity contribution in [1.82, 2.24) is 0 Å². The molecule has 0 fully saturated rings. The van der Waals surface area contributed by atoms with Crippen LogP contribution in [0.4, 0.5) is 8.78 Å². The summed E-state index contributed by atoms with van der Waals surface area (Å²) in [7, 11) is 0. The van der Waals surface area contributed by atoms with Crippen LogP contribution in [0.15, 0.2) is 42.5 Å². The maximum Gasteiger partial charge on any atom is 0.246 e. The van der Waals surface area contributed by atoms with E-state index in [1.807, 2.05) is 30.3 Å². The van der Waals surface area contributed by atoms with Gasteiger partial charge in [-0.25, -0.2) is 8.78 Å². The molecule has 0 saturated carbocycles. The summed E-state index contributed by atoms with van der Waals surface area (Å²) < 4.78 is 25.4. The lowest BCUT2D eigenvalue weighted by molar-refractivity contribution is 0.117. The number of fused-ring (bicyclic) bond motifs is 1. The van der Waals surface area contributed by atoms with Gasteiger partial charge in [0, 0.05) is 6.54 Å². The van der Waals surface area contributed by atoms with Crippen molar-refractivity contribution in [3.05, 3.63) is 48.0 Å². The van der Waals surface area contributed by atoms with E-state index in [0.717, 1.165) is 10.8 Å². The fraction of sp³-hybridized carbons (Fsp3) is 0.231. The van der Waals surface area contributed by atoms with Gasteiger partial charge >= 0.3 is 0 Å². The van der Waals surface area contributed by atoms with Crippen molar-refractivity contribution < 1.29 is 8.78 Å². The minimum atomic E-state index is -2.41. The summed E-state index contributed by atoms with van der Waals surface area (Å²) in [5.74, 6) is -0.871. The van der Waals surface area contributed by atoms with Crippen LogP contribution in [0, 0.1) is 0 Å². The van der Waals surface area contributed by atoms with Gasteiger partial charge in [0.2, 0.25) is 6.43 Å². The first-order chi connectivity index (χ1) is 7.72. The molecule has 16 heavy (non-hydrogen) atoms. The molecule has 0 saturated heterocycles. The largest absolute Gasteiger partial charge is 0.330 e. The summed E-state index contributed by atoms with van der Waals surface area (Å²) in [6.07, 6.45) is -2.41. The normalized spacial score (nSPS) is 13.2. The quantitative estimate of drug-likeness (QED) is 0.846. The zero-order valence-corrected chi connectivity index (χ0v) is 8.74. The van der Waals surface area contributed by atoms with Crippen molar-refractivity contribution >= 4 is 10.8 Å². The van der Waals surface area contributed by atoms with E-state index in [0.29, 0.717) is 5.56 Å². The third-order valence-electron chi connectivity index (χ3n) is 2.76. The summed E-state index contributed by atoms with van der Waals surface area (Å²) in [6, 6.07) is 13.1. The first kappa shape index (κ1) is 11.0. The molecule has 2 aromatic carbocycles. The molecule has 1 unspecified atom stereocenters. The van der Waals surface area contributed by atoms with Crippen molar-refractivity contribution in [1.29, 1.82) is 0 Å². The van der Waals surface area contributed by atoms with Gasteiger partial charge in [-0.2, -0.15) is 0 Å². The fourth-order valence-electron chi connectivity index (χ4n) is 1.82. The van der Waals surface area contributed by atoms with E-state index in [1.165, 1.54) is 0 Å². The lowest BCUT2D eigenvalue weighted by Crippen LogP contribution is -2.19. The van der Waals surface area contributed by atoms with Crippen LogP contribution in [0.1, 0.15) is 11.5 Å². The summed E-state index contributed by atoms with van der Waals surface area (Å²) >= 11 is 0. The molecule has 0 amide bonds. The minimum absolute atomic E-state index is 0.0317. The maximum atomic E-state index is 12.7. The second-order valence-electron chi connectivity index (χ2n) is 3.78. The fourth-order valence-corrected chi connectivity index (χ4v) is 1.82. The lowest BCUT2D eigenvalue weighted by atomic mass is 9.97. The highest BCUT2D eigenvalue weighted by Crippen LogP contribution is 2.25. The molecule has 0 bridgehead atoms. The van der Waals surface area contributed by atoms with Crippen molar-refractivity contribution in [3.8, 4) is 0 Å². The average Bonchev–Trinajstić information content (AvgIpc) is 2.29. The Hall–Kier alpha value is -1.48. The Morgan fingerprint density at radius 3 is 2.31 bits per heavy atom. The molecule has 0 aliphatic rings. The van der Waals surface area contributed by atoms with E-state index < -0.39 is 12.3 Å². The highest BCUT2D eigenvalue weighted by molar-refractivity contribution is 5.83. The third-order valence-corrected chi connectivity index (χ3v) is 2.76. The standard InChI is InChI=1S/C13H13F2N/c14-13(15)12(8-16)11-6-5-9-3-1-2-4-10(9)7-11/h1-7,12-13H,8,16H2. The predicted molar refractivity (Wildman–Crippen MR) is 61.7 cm³/mol. The molecular formula is C13H13F2N. The van der Waals surface area contributed by atoms with Gasteiger partial charge in [-0.3, -0.25) is 0 Å². The Balaban J connectivity index is 2.45. The smallest absolute Gasteiger partial charge is 0.246 e. The molecule has 0 aromatic heterocycles. The highest BCUT2D eigenvalue weighted by Gasteiger charge is 2.20. The maximum absolute atomic E-state index is 12.7. The molecule has 0 radical (unpaired) electrons. The van der Waals surface area contributed by atoms with Gasteiger partial charge in [-0.15, -0.1) is 0 Å². The minimum Gasteiger partial charge on any atom is -0.330 e. The first-order valence-electron chi connectivity index (χ1n) is 5.19. The predicted octanol–water partition coefficient (Wildman–Crippen LogP) is 3.15. The number of hydrogen-bond donors (Lipinski definition) is 1. The number of benzene rings is 2. The summed E-state index contributed by atoms with van der Waals surface area (Å²) in [6.45, 7) is -0.0317. The summed E-state index contributed by atoms with van der Waals surface area (Å²) in [4.78, 5) is 0. The molecule has 0 spiro atoms. The number of hydrogen-bond acceptors (Lipinski definition) is 1. The Labute approximate surface area is 92.9 Å². The lowest BCUT2D eigenvalue weighted by Gasteiger charge is -2.14. The van der Waals surface area contributed by atoms with Gasteiger partial charge in [0.1, 0.15) is 0 Å². The van der Waals surface area contributed by atoms with Crippen LogP contribution in [0.3, 0.4) is 0 Å². The Morgan fingerprint density at radius 1 is 1.00 bits per heavy atom. The molecule has 2 rings (SSSR count). The van der Waals surface area contributed by atoms with Crippen molar-refractivity contribution in [2.24, 2.45) is 5.73 Å². The van der Waals surface area contributed by atoms with Gasteiger partial charge in [-0.05, 0) is 16.3 Å². The van der Waals surface area contributed by atoms with Gasteiger partial charge in [0.15, 0.2) is 0 Å². The van der Waals surface area contributed by atoms with Crippen LogP contribution in [0.25, 0.3) is 10.8 Å². The topological polar surface area (TPSA) is 26.0 Å². The van der Waals surface area contributed by atoms with Crippen LogP contribution in [0.5, 0.6) is 0 Å². The van der Waals surface area contributed by atoms with Crippen LogP contribution in [-0.2, 0) is 0 Å². The van der Waals surface area contributed by atoms with E-state index in [-0.39, 0.29) is 6.54 Å². The van der Waals surface area contributed by atoms with Gasteiger partial charge in [0.05, 0.1) is 5.92 Å². The van der Waals surface area contributed by atoms with Crippen molar-refractivity contribution in [3.63, 3.8) is 0 Å². The van der Waals surface area contributed by atoms with E-state index in [9.17, 15) is 8.78 Å². The molecule has 3 heteroatoms. The molecule has 0 aliphatic heterocycles. The Kier molecular flexibility index (Phi) is 3.15. The van der Waals surface area contributed by atoms with E-state index in [4.69, 9.17) is 5.73 Å². The van der Waals surface area contributed by atoms with Crippen LogP contribution >= 0.6 is 0 Å². The molecule has 84 valence electrons.